The van der Waals surface area contributed by atoms with Crippen molar-refractivity contribution in [2.45, 2.75) is 25.7 Å². The number of aryl methyl sites for hydroxylation is 1. The van der Waals surface area contributed by atoms with E-state index in [2.05, 4.69) is 15.0 Å². The number of benzene rings is 1. The van der Waals surface area contributed by atoms with Gasteiger partial charge in [-0.2, -0.15) is 4.98 Å². The maximum Gasteiger partial charge on any atom is 0.227 e. The fourth-order valence-electron chi connectivity index (χ4n) is 2.57. The first kappa shape index (κ1) is 14.1. The summed E-state index contributed by atoms with van der Waals surface area (Å²) in [6.45, 7) is 3.37. The molecule has 2 heterocycles. The average Bonchev–Trinajstić information content (AvgIpc) is 3.13. The number of hydrogen-bond acceptors (Lipinski definition) is 4. The van der Waals surface area contributed by atoms with Gasteiger partial charge < -0.3 is 9.42 Å². The fraction of sp³-hybridized carbons (Fsp3) is 0.467. The lowest BCUT2D eigenvalue weighted by atomic mass is 10.2. The summed E-state index contributed by atoms with van der Waals surface area (Å²) < 4.78 is 31.2. The van der Waals surface area contributed by atoms with E-state index in [0.717, 1.165) is 25.1 Å². The Bertz CT molecular complexity index is 609. The van der Waals surface area contributed by atoms with Crippen LogP contribution in [0.15, 0.2) is 22.7 Å². The summed E-state index contributed by atoms with van der Waals surface area (Å²) in [6.07, 6.45) is 4.22. The molecule has 0 N–H and O–H groups in total. The number of halogens is 2. The molecule has 2 aromatic rings. The maximum atomic E-state index is 13.2. The van der Waals surface area contributed by atoms with Crippen molar-refractivity contribution in [2.75, 3.05) is 19.6 Å². The van der Waals surface area contributed by atoms with Gasteiger partial charge in [0.1, 0.15) is 0 Å². The molecule has 21 heavy (non-hydrogen) atoms. The van der Waals surface area contributed by atoms with Crippen LogP contribution in [0.1, 0.15) is 25.2 Å². The third kappa shape index (κ3) is 3.44. The summed E-state index contributed by atoms with van der Waals surface area (Å²) in [5.41, 5.74) is 0.420. The molecule has 4 nitrogen and oxygen atoms in total. The smallest absolute Gasteiger partial charge is 0.227 e. The number of rotatable bonds is 5. The van der Waals surface area contributed by atoms with Crippen molar-refractivity contribution in [3.05, 3.63) is 35.7 Å². The summed E-state index contributed by atoms with van der Waals surface area (Å²) in [4.78, 5) is 6.65. The number of aromatic nitrogens is 2. The number of likely N-dealkylation sites (tertiary alicyclic amines) is 1. The highest BCUT2D eigenvalue weighted by Gasteiger charge is 2.13. The molecule has 0 amide bonds. The Hall–Kier alpha value is -1.82. The van der Waals surface area contributed by atoms with Gasteiger partial charge >= 0.3 is 0 Å². The van der Waals surface area contributed by atoms with E-state index >= 15 is 0 Å². The molecule has 1 fully saturated rings. The van der Waals surface area contributed by atoms with Gasteiger partial charge in [-0.05, 0) is 57.1 Å². The largest absolute Gasteiger partial charge is 0.339 e. The van der Waals surface area contributed by atoms with Crippen LogP contribution in [-0.2, 0) is 6.42 Å². The zero-order chi connectivity index (χ0) is 14.7. The van der Waals surface area contributed by atoms with Crippen LogP contribution in [-0.4, -0.2) is 34.7 Å². The Labute approximate surface area is 121 Å². The minimum atomic E-state index is -0.909. The predicted molar refractivity (Wildman–Crippen MR) is 73.6 cm³/mol. The lowest BCUT2D eigenvalue weighted by Crippen LogP contribution is -2.20. The molecule has 0 unspecified atom stereocenters. The molecule has 6 heteroatoms. The van der Waals surface area contributed by atoms with Crippen LogP contribution in [0.5, 0.6) is 0 Å². The Kier molecular flexibility index (Phi) is 4.24. The summed E-state index contributed by atoms with van der Waals surface area (Å²) in [5.74, 6) is -0.958. The van der Waals surface area contributed by atoms with Gasteiger partial charge in [0.2, 0.25) is 11.7 Å². The molecule has 0 bridgehead atoms. The highest BCUT2D eigenvalue weighted by atomic mass is 19.2. The van der Waals surface area contributed by atoms with Gasteiger partial charge in [-0.1, -0.05) is 5.16 Å². The van der Waals surface area contributed by atoms with Crippen molar-refractivity contribution in [1.82, 2.24) is 15.0 Å². The minimum absolute atomic E-state index is 0.296. The first-order chi connectivity index (χ1) is 10.2. The number of hydrogen-bond donors (Lipinski definition) is 0. The van der Waals surface area contributed by atoms with E-state index in [1.807, 2.05) is 0 Å². The van der Waals surface area contributed by atoms with Gasteiger partial charge in [-0.25, -0.2) is 8.78 Å². The van der Waals surface area contributed by atoms with E-state index in [4.69, 9.17) is 4.52 Å². The Morgan fingerprint density at radius 1 is 1.14 bits per heavy atom. The molecule has 0 saturated carbocycles. The van der Waals surface area contributed by atoms with Crippen LogP contribution in [0.4, 0.5) is 8.78 Å². The minimum Gasteiger partial charge on any atom is -0.339 e. The molecule has 0 radical (unpaired) electrons. The number of nitrogens with zero attached hydrogens (tertiary/aromatic N) is 3. The lowest BCUT2D eigenvalue weighted by Gasteiger charge is -2.12. The normalized spacial score (nSPS) is 15.7. The van der Waals surface area contributed by atoms with Gasteiger partial charge in [0.15, 0.2) is 11.6 Å². The Balaban J connectivity index is 1.58. The molecule has 112 valence electrons. The highest BCUT2D eigenvalue weighted by molar-refractivity contribution is 5.54. The average molecular weight is 293 g/mol. The highest BCUT2D eigenvalue weighted by Crippen LogP contribution is 2.19. The Morgan fingerprint density at radius 3 is 2.71 bits per heavy atom. The van der Waals surface area contributed by atoms with Crippen molar-refractivity contribution in [1.29, 1.82) is 0 Å². The van der Waals surface area contributed by atoms with E-state index < -0.39 is 11.6 Å². The van der Waals surface area contributed by atoms with Crippen LogP contribution < -0.4 is 0 Å². The predicted octanol–water partition coefficient (Wildman–Crippen LogP) is 3.04. The van der Waals surface area contributed by atoms with E-state index in [9.17, 15) is 8.78 Å². The molecule has 1 aliphatic heterocycles. The second-order valence-corrected chi connectivity index (χ2v) is 5.29. The molecular weight excluding hydrogens is 276 g/mol. The summed E-state index contributed by atoms with van der Waals surface area (Å²) >= 11 is 0. The van der Waals surface area contributed by atoms with Gasteiger partial charge in [0.25, 0.3) is 0 Å². The van der Waals surface area contributed by atoms with Crippen LogP contribution in [0.25, 0.3) is 11.4 Å². The zero-order valence-corrected chi connectivity index (χ0v) is 11.7. The van der Waals surface area contributed by atoms with Crippen LogP contribution in [0.2, 0.25) is 0 Å². The van der Waals surface area contributed by atoms with E-state index in [0.29, 0.717) is 23.7 Å². The maximum absolute atomic E-state index is 13.2. The first-order valence-corrected chi connectivity index (χ1v) is 7.23. The topological polar surface area (TPSA) is 42.2 Å². The second-order valence-electron chi connectivity index (χ2n) is 5.29. The third-order valence-corrected chi connectivity index (χ3v) is 3.71. The Morgan fingerprint density at radius 2 is 1.95 bits per heavy atom. The molecular formula is C15H17F2N3O. The summed E-state index contributed by atoms with van der Waals surface area (Å²) in [7, 11) is 0. The summed E-state index contributed by atoms with van der Waals surface area (Å²) in [6, 6.07) is 3.58. The molecule has 0 aliphatic carbocycles. The summed E-state index contributed by atoms with van der Waals surface area (Å²) in [5, 5.41) is 3.82. The third-order valence-electron chi connectivity index (χ3n) is 3.71. The molecule has 0 spiro atoms. The molecule has 1 aromatic carbocycles. The zero-order valence-electron chi connectivity index (χ0n) is 11.7. The van der Waals surface area contributed by atoms with Gasteiger partial charge in [0.05, 0.1) is 0 Å². The van der Waals surface area contributed by atoms with E-state index in [1.54, 1.807) is 0 Å². The standard InChI is InChI=1S/C15H17F2N3O/c16-12-6-5-11(10-13(12)17)15-18-14(21-19-15)4-3-9-20-7-1-2-8-20/h5-6,10H,1-4,7-9H2. The van der Waals surface area contributed by atoms with Crippen molar-refractivity contribution >= 4 is 0 Å². The molecule has 3 rings (SSSR count). The second kappa shape index (κ2) is 6.30. The molecule has 1 aromatic heterocycles. The van der Waals surface area contributed by atoms with Gasteiger partial charge in [-0.3, -0.25) is 0 Å². The van der Waals surface area contributed by atoms with Crippen LogP contribution >= 0.6 is 0 Å². The van der Waals surface area contributed by atoms with Gasteiger partial charge in [-0.15, -0.1) is 0 Å². The first-order valence-electron chi connectivity index (χ1n) is 7.23. The van der Waals surface area contributed by atoms with Gasteiger partial charge in [0, 0.05) is 12.0 Å². The van der Waals surface area contributed by atoms with Crippen molar-refractivity contribution in [3.8, 4) is 11.4 Å². The quantitative estimate of drug-likeness (QED) is 0.849. The van der Waals surface area contributed by atoms with Crippen LogP contribution in [0, 0.1) is 11.6 Å². The van der Waals surface area contributed by atoms with Crippen molar-refractivity contribution in [3.63, 3.8) is 0 Å². The lowest BCUT2D eigenvalue weighted by molar-refractivity contribution is 0.319. The fourth-order valence-corrected chi connectivity index (χ4v) is 2.57. The molecule has 0 atom stereocenters. The van der Waals surface area contributed by atoms with Crippen LogP contribution in [0.3, 0.4) is 0 Å². The van der Waals surface area contributed by atoms with Crippen molar-refractivity contribution in [2.24, 2.45) is 0 Å². The monoisotopic (exact) mass is 293 g/mol. The van der Waals surface area contributed by atoms with E-state index in [1.165, 1.54) is 32.0 Å². The van der Waals surface area contributed by atoms with Crippen molar-refractivity contribution < 1.29 is 13.3 Å². The SMILES string of the molecule is Fc1ccc(-c2noc(CCCN3CCCC3)n2)cc1F. The van der Waals surface area contributed by atoms with E-state index in [-0.39, 0.29) is 0 Å². The molecule has 1 aliphatic rings. The molecule has 1 saturated heterocycles.